The third-order valence-corrected chi connectivity index (χ3v) is 5.87. The van der Waals surface area contributed by atoms with Gasteiger partial charge in [0, 0.05) is 18.3 Å². The smallest absolute Gasteiger partial charge is 0.240 e. The number of benzene rings is 1. The van der Waals surface area contributed by atoms with E-state index in [9.17, 15) is 17.2 Å². The molecule has 0 unspecified atom stereocenters. The van der Waals surface area contributed by atoms with Gasteiger partial charge in [0.25, 0.3) is 0 Å². The molecule has 2 aromatic rings. The molecule has 0 radical (unpaired) electrons. The van der Waals surface area contributed by atoms with Crippen molar-refractivity contribution in [2.45, 2.75) is 42.7 Å². The molecule has 27 heavy (non-hydrogen) atoms. The second-order valence-corrected chi connectivity index (χ2v) is 8.00. The fourth-order valence-corrected chi connectivity index (χ4v) is 4.23. The van der Waals surface area contributed by atoms with Crippen molar-refractivity contribution in [3.05, 3.63) is 53.7 Å². The normalized spacial score (nSPS) is 20.0. The van der Waals surface area contributed by atoms with Crippen LogP contribution in [0.15, 0.2) is 41.4 Å². The van der Waals surface area contributed by atoms with Crippen molar-refractivity contribution in [3.63, 3.8) is 0 Å². The van der Waals surface area contributed by atoms with Crippen LogP contribution in [0, 0.1) is 23.0 Å². The van der Waals surface area contributed by atoms with Crippen molar-refractivity contribution < 1.29 is 21.9 Å². The Balaban J connectivity index is 1.55. The summed E-state index contributed by atoms with van der Waals surface area (Å²) in [5, 5.41) is 8.76. The molecule has 6 nitrogen and oxygen atoms in total. The van der Waals surface area contributed by atoms with Gasteiger partial charge in [-0.3, -0.25) is 0 Å². The van der Waals surface area contributed by atoms with Crippen LogP contribution in [0.5, 0.6) is 5.88 Å². The number of nitrogens with zero attached hydrogens (tertiary/aromatic N) is 2. The number of rotatable bonds is 5. The molecule has 142 valence electrons. The fraction of sp³-hybridized carbons (Fsp3) is 0.333. The minimum absolute atomic E-state index is 0.102. The Bertz CT molecular complexity index is 951. The number of halogens is 2. The third kappa shape index (κ3) is 4.78. The lowest BCUT2D eigenvalue weighted by Crippen LogP contribution is -2.39. The quantitative estimate of drug-likeness (QED) is 0.843. The van der Waals surface area contributed by atoms with Crippen LogP contribution in [0.2, 0.25) is 0 Å². The van der Waals surface area contributed by atoms with Crippen LogP contribution in [0.4, 0.5) is 8.78 Å². The number of ether oxygens (including phenoxy) is 1. The second-order valence-electron chi connectivity index (χ2n) is 6.29. The van der Waals surface area contributed by atoms with Crippen LogP contribution in [0.25, 0.3) is 0 Å². The molecule has 1 heterocycles. The monoisotopic (exact) mass is 393 g/mol. The Morgan fingerprint density at radius 1 is 1.11 bits per heavy atom. The average Bonchev–Trinajstić information content (AvgIpc) is 2.66. The van der Waals surface area contributed by atoms with Crippen molar-refractivity contribution >= 4 is 10.0 Å². The zero-order chi connectivity index (χ0) is 19.4. The highest BCUT2D eigenvalue weighted by Crippen LogP contribution is 2.24. The van der Waals surface area contributed by atoms with E-state index < -0.39 is 21.7 Å². The number of nitriles is 1. The van der Waals surface area contributed by atoms with Crippen molar-refractivity contribution in [1.82, 2.24) is 9.71 Å². The van der Waals surface area contributed by atoms with E-state index in [1.165, 1.54) is 6.20 Å². The van der Waals surface area contributed by atoms with E-state index in [2.05, 4.69) is 9.71 Å². The van der Waals surface area contributed by atoms with Crippen LogP contribution < -0.4 is 9.46 Å². The zero-order valence-electron chi connectivity index (χ0n) is 14.2. The van der Waals surface area contributed by atoms with Gasteiger partial charge in [-0.15, -0.1) is 0 Å². The first-order chi connectivity index (χ1) is 12.9. The summed E-state index contributed by atoms with van der Waals surface area (Å²) in [6, 6.07) is 7.40. The van der Waals surface area contributed by atoms with Crippen molar-refractivity contribution in [2.75, 3.05) is 0 Å². The number of hydrogen-bond donors (Lipinski definition) is 1. The first-order valence-corrected chi connectivity index (χ1v) is 9.86. The summed E-state index contributed by atoms with van der Waals surface area (Å²) in [6.45, 7) is 0. The largest absolute Gasteiger partial charge is 0.474 e. The number of aromatic nitrogens is 1. The summed E-state index contributed by atoms with van der Waals surface area (Å²) >= 11 is 0. The highest BCUT2D eigenvalue weighted by Gasteiger charge is 2.27. The molecule has 1 N–H and O–H groups in total. The van der Waals surface area contributed by atoms with Gasteiger partial charge in [-0.2, -0.15) is 5.26 Å². The maximum Gasteiger partial charge on any atom is 0.240 e. The lowest BCUT2D eigenvalue weighted by Gasteiger charge is -2.29. The van der Waals surface area contributed by atoms with E-state index in [1.54, 1.807) is 12.1 Å². The van der Waals surface area contributed by atoms with Gasteiger partial charge in [0.05, 0.1) is 10.5 Å². The number of sulfonamides is 1. The maximum atomic E-state index is 13.3. The minimum atomic E-state index is -3.92. The number of nitrogens with one attached hydrogen (secondary N) is 1. The van der Waals surface area contributed by atoms with Gasteiger partial charge in [-0.25, -0.2) is 26.9 Å². The molecule has 3 rings (SSSR count). The topological polar surface area (TPSA) is 92.1 Å². The predicted octanol–water partition coefficient (Wildman–Crippen LogP) is 2.90. The van der Waals surface area contributed by atoms with Gasteiger partial charge in [0.15, 0.2) is 11.6 Å². The molecule has 0 aliphatic heterocycles. The Labute approximate surface area is 155 Å². The molecule has 1 aromatic carbocycles. The Kier molecular flexibility index (Phi) is 5.68. The molecule has 0 bridgehead atoms. The summed E-state index contributed by atoms with van der Waals surface area (Å²) in [5.74, 6) is -1.88. The highest BCUT2D eigenvalue weighted by atomic mass is 32.2. The summed E-state index contributed by atoms with van der Waals surface area (Å²) in [5.41, 5.74) is 0.442. The Hall–Kier alpha value is -2.57. The molecular weight excluding hydrogens is 376 g/mol. The standard InChI is InChI=1S/C18H17F2N3O3S/c19-16-7-6-15(9-17(16)20)27(24,25)23-13-2-4-14(5-3-13)26-18-8-1-12(10-21)11-22-18/h1,6-9,11,13-14,23H,2-5H2. The minimum Gasteiger partial charge on any atom is -0.474 e. The van der Waals surface area contributed by atoms with Crippen molar-refractivity contribution in [3.8, 4) is 11.9 Å². The van der Waals surface area contributed by atoms with E-state index in [0.29, 0.717) is 43.2 Å². The molecule has 1 aliphatic rings. The molecule has 1 fully saturated rings. The second kappa shape index (κ2) is 7.98. The predicted molar refractivity (Wildman–Crippen MR) is 92.3 cm³/mol. The van der Waals surface area contributed by atoms with Crippen LogP contribution in [0.3, 0.4) is 0 Å². The Morgan fingerprint density at radius 2 is 1.85 bits per heavy atom. The van der Waals surface area contributed by atoms with E-state index in [4.69, 9.17) is 10.00 Å². The van der Waals surface area contributed by atoms with Crippen molar-refractivity contribution in [1.29, 1.82) is 5.26 Å². The third-order valence-electron chi connectivity index (χ3n) is 4.35. The average molecular weight is 393 g/mol. The molecular formula is C18H17F2N3O3S. The highest BCUT2D eigenvalue weighted by molar-refractivity contribution is 7.89. The Morgan fingerprint density at radius 3 is 2.44 bits per heavy atom. The first kappa shape index (κ1) is 19.2. The summed E-state index contributed by atoms with van der Waals surface area (Å²) in [4.78, 5) is 3.75. The van der Waals surface area contributed by atoms with E-state index in [1.807, 2.05) is 6.07 Å². The maximum absolute atomic E-state index is 13.3. The summed E-state index contributed by atoms with van der Waals surface area (Å²) < 4.78 is 59.2. The SMILES string of the molecule is N#Cc1ccc(OC2CCC(NS(=O)(=O)c3ccc(F)c(F)c3)CC2)nc1. The van der Waals surface area contributed by atoms with Gasteiger partial charge in [-0.05, 0) is 49.9 Å². The molecule has 9 heteroatoms. The molecule has 0 amide bonds. The van der Waals surface area contributed by atoms with Crippen LogP contribution in [-0.4, -0.2) is 25.5 Å². The summed E-state index contributed by atoms with van der Waals surface area (Å²) in [7, 11) is -3.92. The van der Waals surface area contributed by atoms with E-state index in [-0.39, 0.29) is 17.0 Å². The van der Waals surface area contributed by atoms with Crippen LogP contribution in [-0.2, 0) is 10.0 Å². The molecule has 0 saturated heterocycles. The molecule has 1 aliphatic carbocycles. The van der Waals surface area contributed by atoms with Crippen LogP contribution >= 0.6 is 0 Å². The lowest BCUT2D eigenvalue weighted by molar-refractivity contribution is 0.138. The van der Waals surface area contributed by atoms with E-state index in [0.717, 1.165) is 12.1 Å². The van der Waals surface area contributed by atoms with Crippen molar-refractivity contribution in [2.24, 2.45) is 0 Å². The lowest BCUT2D eigenvalue weighted by atomic mass is 9.94. The fourth-order valence-electron chi connectivity index (χ4n) is 2.92. The van der Waals surface area contributed by atoms with Gasteiger partial charge in [-0.1, -0.05) is 0 Å². The van der Waals surface area contributed by atoms with Gasteiger partial charge >= 0.3 is 0 Å². The van der Waals surface area contributed by atoms with Gasteiger partial charge in [0.1, 0.15) is 12.2 Å². The van der Waals surface area contributed by atoms with Crippen LogP contribution in [0.1, 0.15) is 31.2 Å². The number of hydrogen-bond acceptors (Lipinski definition) is 5. The first-order valence-electron chi connectivity index (χ1n) is 8.37. The van der Waals surface area contributed by atoms with E-state index >= 15 is 0 Å². The summed E-state index contributed by atoms with van der Waals surface area (Å²) in [6.07, 6.45) is 3.65. The van der Waals surface area contributed by atoms with Gasteiger partial charge < -0.3 is 4.74 Å². The molecule has 0 spiro atoms. The molecule has 0 atom stereocenters. The number of pyridine rings is 1. The zero-order valence-corrected chi connectivity index (χ0v) is 15.0. The van der Waals surface area contributed by atoms with Gasteiger partial charge in [0.2, 0.25) is 15.9 Å². The molecule has 1 aromatic heterocycles. The molecule has 1 saturated carbocycles.